The summed E-state index contributed by atoms with van der Waals surface area (Å²) in [6.07, 6.45) is 4.66. The zero-order chi connectivity index (χ0) is 18.1. The Morgan fingerprint density at radius 2 is 1.39 bits per heavy atom. The van der Waals surface area contributed by atoms with Gasteiger partial charge in [0.2, 0.25) is 0 Å². The van der Waals surface area contributed by atoms with Gasteiger partial charge < -0.3 is 14.4 Å². The monoisotopic (exact) mass is 329 g/mol. The van der Waals surface area contributed by atoms with Gasteiger partial charge in [0.25, 0.3) is 0 Å². The first-order valence-electron chi connectivity index (χ1n) is 9.33. The van der Waals surface area contributed by atoms with Gasteiger partial charge in [-0.3, -0.25) is 0 Å². The maximum Gasteiger partial charge on any atom is 0.0624 e. The van der Waals surface area contributed by atoms with Crippen molar-refractivity contribution >= 4 is 0 Å². The summed E-state index contributed by atoms with van der Waals surface area (Å²) in [5.74, 6) is 0. The summed E-state index contributed by atoms with van der Waals surface area (Å²) >= 11 is 0. The van der Waals surface area contributed by atoms with Crippen LogP contribution in [0.15, 0.2) is 0 Å². The van der Waals surface area contributed by atoms with E-state index < -0.39 is 0 Å². The molecule has 0 saturated carbocycles. The molecule has 0 radical (unpaired) electrons. The van der Waals surface area contributed by atoms with E-state index in [2.05, 4.69) is 67.3 Å². The van der Waals surface area contributed by atoms with E-state index in [0.29, 0.717) is 5.41 Å². The first-order chi connectivity index (χ1) is 10.4. The Hall–Kier alpha value is -0.120. The average molecular weight is 330 g/mol. The summed E-state index contributed by atoms with van der Waals surface area (Å²) < 4.78 is 11.8. The normalized spacial score (nSPS) is 13.8. The Labute approximate surface area is 146 Å². The molecule has 0 N–H and O–H groups in total. The minimum absolute atomic E-state index is 0.00981. The van der Waals surface area contributed by atoms with E-state index in [4.69, 9.17) is 9.47 Å². The van der Waals surface area contributed by atoms with Crippen molar-refractivity contribution in [1.29, 1.82) is 0 Å². The summed E-state index contributed by atoms with van der Waals surface area (Å²) in [5.41, 5.74) is 0.339. The van der Waals surface area contributed by atoms with Gasteiger partial charge in [0.05, 0.1) is 17.8 Å². The molecule has 23 heavy (non-hydrogen) atoms. The molecule has 0 spiro atoms. The quantitative estimate of drug-likeness (QED) is 0.495. The number of likely N-dealkylation sites (N-methyl/N-ethyl adjacent to an activating group) is 1. The minimum Gasteiger partial charge on any atom is -0.376 e. The van der Waals surface area contributed by atoms with Crippen molar-refractivity contribution in [2.45, 2.75) is 92.3 Å². The van der Waals surface area contributed by atoms with Crippen molar-refractivity contribution in [3.63, 3.8) is 0 Å². The van der Waals surface area contributed by atoms with E-state index in [0.717, 1.165) is 39.1 Å². The molecular formula is C20H43NO2. The number of nitrogens with zero attached hydrogens (tertiary/aromatic N) is 1. The van der Waals surface area contributed by atoms with Crippen LogP contribution in [0.2, 0.25) is 0 Å². The fourth-order valence-electron chi connectivity index (χ4n) is 2.28. The van der Waals surface area contributed by atoms with Gasteiger partial charge in [-0.05, 0) is 79.3 Å². The van der Waals surface area contributed by atoms with E-state index in [-0.39, 0.29) is 11.2 Å². The van der Waals surface area contributed by atoms with Crippen LogP contribution in [0.4, 0.5) is 0 Å². The van der Waals surface area contributed by atoms with E-state index in [1.165, 1.54) is 12.8 Å². The molecule has 0 atom stereocenters. The highest BCUT2D eigenvalue weighted by atomic mass is 16.5. The molecule has 0 saturated heterocycles. The van der Waals surface area contributed by atoms with E-state index in [1.54, 1.807) is 0 Å². The highest BCUT2D eigenvalue weighted by Gasteiger charge is 2.20. The van der Waals surface area contributed by atoms with Crippen LogP contribution in [-0.2, 0) is 9.47 Å². The number of rotatable bonds is 12. The van der Waals surface area contributed by atoms with E-state index in [9.17, 15) is 0 Å². The molecule has 0 rings (SSSR count). The zero-order valence-corrected chi connectivity index (χ0v) is 17.4. The standard InChI is InChI=1S/C20H43NO2/c1-10-20(7,8)23-17-15-21(9)14-11-12-19(5,6)13-16-22-18(2,3)4/h10-17H2,1-9H3. The van der Waals surface area contributed by atoms with Crippen LogP contribution >= 0.6 is 0 Å². The SMILES string of the molecule is CCC(C)(C)OCCN(C)CCCC(C)(C)CCOC(C)(C)C. The third kappa shape index (κ3) is 14.0. The summed E-state index contributed by atoms with van der Waals surface area (Å²) in [7, 11) is 2.19. The van der Waals surface area contributed by atoms with Crippen LogP contribution in [0, 0.1) is 5.41 Å². The first kappa shape index (κ1) is 22.9. The van der Waals surface area contributed by atoms with Crippen LogP contribution in [0.3, 0.4) is 0 Å². The minimum atomic E-state index is -0.0252. The molecule has 3 heteroatoms. The lowest BCUT2D eigenvalue weighted by Crippen LogP contribution is -2.30. The molecular weight excluding hydrogens is 286 g/mol. The summed E-state index contributed by atoms with van der Waals surface area (Å²) in [5, 5.41) is 0. The molecule has 140 valence electrons. The molecule has 0 bridgehead atoms. The lowest BCUT2D eigenvalue weighted by Gasteiger charge is -2.29. The van der Waals surface area contributed by atoms with Gasteiger partial charge in [-0.1, -0.05) is 20.8 Å². The number of hydrogen-bond acceptors (Lipinski definition) is 3. The van der Waals surface area contributed by atoms with Crippen molar-refractivity contribution in [2.24, 2.45) is 5.41 Å². The van der Waals surface area contributed by atoms with E-state index in [1.807, 2.05) is 0 Å². The Kier molecular flexibility index (Phi) is 9.95. The first-order valence-corrected chi connectivity index (χ1v) is 9.33. The molecule has 3 nitrogen and oxygen atoms in total. The van der Waals surface area contributed by atoms with Gasteiger partial charge in [-0.15, -0.1) is 0 Å². The second-order valence-corrected chi connectivity index (χ2v) is 9.24. The van der Waals surface area contributed by atoms with Crippen LogP contribution < -0.4 is 0 Å². The smallest absolute Gasteiger partial charge is 0.0624 e. The Morgan fingerprint density at radius 3 is 1.91 bits per heavy atom. The van der Waals surface area contributed by atoms with Crippen molar-refractivity contribution in [2.75, 3.05) is 33.4 Å². The maximum absolute atomic E-state index is 5.92. The zero-order valence-electron chi connectivity index (χ0n) is 17.4. The molecule has 0 heterocycles. The van der Waals surface area contributed by atoms with Crippen molar-refractivity contribution in [1.82, 2.24) is 4.90 Å². The Morgan fingerprint density at radius 1 is 0.783 bits per heavy atom. The average Bonchev–Trinajstić information content (AvgIpc) is 2.36. The highest BCUT2D eigenvalue weighted by Crippen LogP contribution is 2.27. The summed E-state index contributed by atoms with van der Waals surface area (Å²) in [6, 6.07) is 0. The van der Waals surface area contributed by atoms with Gasteiger partial charge in [-0.2, -0.15) is 0 Å². The summed E-state index contributed by atoms with van der Waals surface area (Å²) in [6.45, 7) is 21.4. The third-order valence-corrected chi connectivity index (χ3v) is 4.52. The maximum atomic E-state index is 5.92. The van der Waals surface area contributed by atoms with Gasteiger partial charge >= 0.3 is 0 Å². The molecule has 0 aromatic carbocycles. The van der Waals surface area contributed by atoms with Gasteiger partial charge in [-0.25, -0.2) is 0 Å². The number of hydrogen-bond donors (Lipinski definition) is 0. The lowest BCUT2D eigenvalue weighted by atomic mass is 9.84. The fraction of sp³-hybridized carbons (Fsp3) is 1.00. The molecule has 0 fully saturated rings. The molecule has 0 aliphatic heterocycles. The predicted molar refractivity (Wildman–Crippen MR) is 101 cm³/mol. The second-order valence-electron chi connectivity index (χ2n) is 9.24. The Balaban J connectivity index is 3.82. The number of ether oxygens (including phenoxy) is 2. The van der Waals surface area contributed by atoms with Gasteiger partial charge in [0.15, 0.2) is 0 Å². The van der Waals surface area contributed by atoms with Gasteiger partial charge in [0.1, 0.15) is 0 Å². The molecule has 0 aromatic rings. The molecule has 0 aliphatic carbocycles. The largest absolute Gasteiger partial charge is 0.376 e. The highest BCUT2D eigenvalue weighted by molar-refractivity contribution is 4.71. The van der Waals surface area contributed by atoms with Crippen molar-refractivity contribution in [3.8, 4) is 0 Å². The predicted octanol–water partition coefficient (Wildman–Crippen LogP) is 5.14. The van der Waals surface area contributed by atoms with Crippen molar-refractivity contribution in [3.05, 3.63) is 0 Å². The third-order valence-electron chi connectivity index (χ3n) is 4.52. The molecule has 0 unspecified atom stereocenters. The lowest BCUT2D eigenvalue weighted by molar-refractivity contribution is -0.0271. The van der Waals surface area contributed by atoms with Gasteiger partial charge in [0, 0.05) is 13.2 Å². The molecule has 0 aromatic heterocycles. The molecule has 0 amide bonds. The second kappa shape index (κ2) is 10.0. The molecule has 0 aliphatic rings. The van der Waals surface area contributed by atoms with Crippen LogP contribution in [0.5, 0.6) is 0 Å². The van der Waals surface area contributed by atoms with E-state index >= 15 is 0 Å². The Bertz CT molecular complexity index is 305. The fourth-order valence-corrected chi connectivity index (χ4v) is 2.28. The van der Waals surface area contributed by atoms with Crippen LogP contribution in [0.25, 0.3) is 0 Å². The van der Waals surface area contributed by atoms with Crippen LogP contribution in [0.1, 0.15) is 81.1 Å². The topological polar surface area (TPSA) is 21.7 Å². The van der Waals surface area contributed by atoms with Crippen LogP contribution in [-0.4, -0.2) is 49.5 Å². The summed E-state index contributed by atoms with van der Waals surface area (Å²) in [4.78, 5) is 2.38. The van der Waals surface area contributed by atoms with Crippen molar-refractivity contribution < 1.29 is 9.47 Å².